The highest BCUT2D eigenvalue weighted by Crippen LogP contribution is 2.12. The lowest BCUT2D eigenvalue weighted by Gasteiger charge is -1.99. The Balaban J connectivity index is 2.34. The van der Waals surface area contributed by atoms with Crippen molar-refractivity contribution in [1.29, 1.82) is 0 Å². The topological polar surface area (TPSA) is 0 Å². The molecule has 0 saturated carbocycles. The lowest BCUT2D eigenvalue weighted by molar-refractivity contribution is 1.10. The second kappa shape index (κ2) is 5.43. The summed E-state index contributed by atoms with van der Waals surface area (Å²) in [5.41, 5.74) is 0. The van der Waals surface area contributed by atoms with Crippen LogP contribution in [-0.2, 0) is 0 Å². The monoisotopic (exact) mass is 103 g/mol. The fraction of sp³-hybridized carbons (Fsp3) is 0.800. The molecule has 0 nitrogen and oxygen atoms in total. The first kappa shape index (κ1) is 6.43. The van der Waals surface area contributed by atoms with Gasteiger partial charge in [0.25, 0.3) is 0 Å². The Morgan fingerprint density at radius 1 is 1.67 bits per heavy atom. The molecular formula is C5H12P-. The normalized spacial score (nSPS) is 11.0. The summed E-state index contributed by atoms with van der Waals surface area (Å²) in [6, 6.07) is 0. The average Bonchev–Trinajstić information content (AvgIpc) is 1.61. The SMILES string of the molecule is C[CH-]PCCC. The molecule has 0 aliphatic rings. The van der Waals surface area contributed by atoms with Crippen molar-refractivity contribution in [3.63, 3.8) is 0 Å². The van der Waals surface area contributed by atoms with Crippen LogP contribution < -0.4 is 0 Å². The maximum atomic E-state index is 2.24. The number of hydrogen-bond acceptors (Lipinski definition) is 0. The van der Waals surface area contributed by atoms with Gasteiger partial charge in [0.2, 0.25) is 0 Å². The summed E-state index contributed by atoms with van der Waals surface area (Å²) in [5.74, 6) is 0. The van der Waals surface area contributed by atoms with E-state index >= 15 is 0 Å². The molecule has 0 aromatic heterocycles. The van der Waals surface area contributed by atoms with Crippen molar-refractivity contribution in [3.8, 4) is 0 Å². The van der Waals surface area contributed by atoms with E-state index in [2.05, 4.69) is 20.0 Å². The smallest absolute Gasteiger partial charge is 0.0549 e. The zero-order valence-corrected chi connectivity index (χ0v) is 5.49. The van der Waals surface area contributed by atoms with Crippen LogP contribution in [-0.4, -0.2) is 6.16 Å². The van der Waals surface area contributed by atoms with Crippen LogP contribution in [0.1, 0.15) is 20.3 Å². The van der Waals surface area contributed by atoms with E-state index in [1.807, 2.05) is 0 Å². The highest BCUT2D eigenvalue weighted by Gasteiger charge is 1.65. The lowest BCUT2D eigenvalue weighted by atomic mass is 10.6. The van der Waals surface area contributed by atoms with Crippen molar-refractivity contribution in [2.75, 3.05) is 6.16 Å². The van der Waals surface area contributed by atoms with Gasteiger partial charge in [-0.25, -0.2) is 0 Å². The predicted octanol–water partition coefficient (Wildman–Crippen LogP) is 2.26. The molecule has 6 heavy (non-hydrogen) atoms. The van der Waals surface area contributed by atoms with Crippen molar-refractivity contribution in [2.45, 2.75) is 20.3 Å². The molecule has 0 N–H and O–H groups in total. The highest BCUT2D eigenvalue weighted by atomic mass is 31.1. The predicted molar refractivity (Wildman–Crippen MR) is 33.4 cm³/mol. The Kier molecular flexibility index (Phi) is 5.82. The van der Waals surface area contributed by atoms with Gasteiger partial charge in [-0.3, -0.25) is 8.58 Å². The van der Waals surface area contributed by atoms with E-state index in [4.69, 9.17) is 0 Å². The molecular weight excluding hydrogens is 91.0 g/mol. The Hall–Kier alpha value is 0.430. The summed E-state index contributed by atoms with van der Waals surface area (Å²) in [4.78, 5) is 0. The van der Waals surface area contributed by atoms with Crippen LogP contribution in [0.4, 0.5) is 0 Å². The van der Waals surface area contributed by atoms with E-state index < -0.39 is 0 Å². The van der Waals surface area contributed by atoms with Gasteiger partial charge in [-0.15, -0.1) is 0 Å². The minimum atomic E-state index is 1.09. The molecule has 0 amide bonds. The fourth-order valence-electron chi connectivity index (χ4n) is 0.289. The molecule has 0 aromatic rings. The average molecular weight is 103 g/mol. The van der Waals surface area contributed by atoms with Gasteiger partial charge in [-0.1, -0.05) is 19.5 Å². The molecule has 1 atom stereocenters. The molecule has 0 radical (unpaired) electrons. The second-order valence-corrected chi connectivity index (χ2v) is 2.73. The van der Waals surface area contributed by atoms with Gasteiger partial charge in [0.05, 0.1) is 0 Å². The first-order chi connectivity index (χ1) is 2.91. The Bertz CT molecular complexity index is 15.9. The molecule has 0 aliphatic carbocycles. The standard InChI is InChI=1S/C5H12P/c1-3-5-6-4-2/h4,6H,3,5H2,1-2H3/q-1. The molecule has 0 bridgehead atoms. The largest absolute Gasteiger partial charge is 0.308 e. The summed E-state index contributed by atoms with van der Waals surface area (Å²) < 4.78 is 0. The Morgan fingerprint density at radius 3 is 2.50 bits per heavy atom. The Morgan fingerprint density at radius 2 is 2.33 bits per heavy atom. The van der Waals surface area contributed by atoms with E-state index in [1.165, 1.54) is 12.6 Å². The third-order valence-corrected chi connectivity index (χ3v) is 1.80. The first-order valence-corrected chi connectivity index (χ1v) is 3.71. The van der Waals surface area contributed by atoms with Crippen molar-refractivity contribution in [2.24, 2.45) is 0 Å². The third kappa shape index (κ3) is 4.43. The van der Waals surface area contributed by atoms with Crippen LogP contribution >= 0.6 is 8.58 Å². The van der Waals surface area contributed by atoms with Gasteiger partial charge in [-0.2, -0.15) is 6.92 Å². The molecule has 1 unspecified atom stereocenters. The van der Waals surface area contributed by atoms with Gasteiger partial charge in [0.15, 0.2) is 0 Å². The summed E-state index contributed by atoms with van der Waals surface area (Å²) >= 11 is 0. The zero-order chi connectivity index (χ0) is 4.83. The van der Waals surface area contributed by atoms with E-state index in [1.54, 1.807) is 0 Å². The molecule has 0 aromatic carbocycles. The third-order valence-electron chi connectivity index (χ3n) is 0.598. The maximum Gasteiger partial charge on any atom is -0.0549 e. The van der Waals surface area contributed by atoms with E-state index in [-0.39, 0.29) is 0 Å². The lowest BCUT2D eigenvalue weighted by Crippen LogP contribution is -1.64. The molecule has 0 heterocycles. The van der Waals surface area contributed by atoms with Gasteiger partial charge in [0.1, 0.15) is 0 Å². The molecule has 1 heteroatoms. The van der Waals surface area contributed by atoms with Gasteiger partial charge in [-0.05, 0) is 0 Å². The molecule has 0 saturated heterocycles. The first-order valence-electron chi connectivity index (χ1n) is 2.43. The molecule has 0 spiro atoms. The van der Waals surface area contributed by atoms with Gasteiger partial charge in [0, 0.05) is 0 Å². The van der Waals surface area contributed by atoms with Crippen molar-refractivity contribution in [3.05, 3.63) is 6.16 Å². The summed E-state index contributed by atoms with van der Waals surface area (Å²) in [5, 5.41) is 0. The summed E-state index contributed by atoms with van der Waals surface area (Å²) in [6.07, 6.45) is 4.96. The van der Waals surface area contributed by atoms with Crippen LogP contribution in [0.15, 0.2) is 0 Å². The van der Waals surface area contributed by atoms with E-state index in [9.17, 15) is 0 Å². The minimum Gasteiger partial charge on any atom is -0.308 e. The van der Waals surface area contributed by atoms with Crippen LogP contribution in [0, 0.1) is 6.16 Å². The molecule has 38 valence electrons. The number of rotatable bonds is 3. The van der Waals surface area contributed by atoms with Gasteiger partial charge < -0.3 is 6.16 Å². The summed E-state index contributed by atoms with van der Waals surface area (Å²) in [7, 11) is 1.09. The van der Waals surface area contributed by atoms with Crippen molar-refractivity contribution >= 4 is 8.58 Å². The van der Waals surface area contributed by atoms with E-state index in [0.717, 1.165) is 8.58 Å². The van der Waals surface area contributed by atoms with Crippen LogP contribution in [0.5, 0.6) is 0 Å². The Labute approximate surface area is 42.1 Å². The van der Waals surface area contributed by atoms with Crippen molar-refractivity contribution in [1.82, 2.24) is 0 Å². The quantitative estimate of drug-likeness (QED) is 0.292. The number of hydrogen-bond donors (Lipinski definition) is 0. The van der Waals surface area contributed by atoms with Crippen LogP contribution in [0.25, 0.3) is 0 Å². The second-order valence-electron chi connectivity index (χ2n) is 1.24. The van der Waals surface area contributed by atoms with E-state index in [0.29, 0.717) is 0 Å². The van der Waals surface area contributed by atoms with Gasteiger partial charge >= 0.3 is 0 Å². The summed E-state index contributed by atoms with van der Waals surface area (Å²) in [6.45, 7) is 4.34. The highest BCUT2D eigenvalue weighted by molar-refractivity contribution is 7.40. The molecule has 0 fully saturated rings. The molecule has 0 rings (SSSR count). The fourth-order valence-corrected chi connectivity index (χ4v) is 0.866. The zero-order valence-electron chi connectivity index (χ0n) is 4.49. The van der Waals surface area contributed by atoms with Crippen LogP contribution in [0.3, 0.4) is 0 Å². The van der Waals surface area contributed by atoms with Crippen LogP contribution in [0.2, 0.25) is 0 Å². The van der Waals surface area contributed by atoms with Crippen molar-refractivity contribution < 1.29 is 0 Å². The molecule has 0 aliphatic heterocycles. The minimum absolute atomic E-state index is 1.09. The maximum absolute atomic E-state index is 2.24.